The fourth-order valence-corrected chi connectivity index (χ4v) is 2.46. The van der Waals surface area contributed by atoms with Gasteiger partial charge in [0.05, 0.1) is 0 Å². The van der Waals surface area contributed by atoms with E-state index in [1.54, 1.807) is 0 Å². The summed E-state index contributed by atoms with van der Waals surface area (Å²) in [6.45, 7) is 15.2. The summed E-state index contributed by atoms with van der Waals surface area (Å²) >= 11 is 0. The van der Waals surface area contributed by atoms with Gasteiger partial charge >= 0.3 is 0 Å². The summed E-state index contributed by atoms with van der Waals surface area (Å²) in [5.74, 6) is 1.13. The van der Waals surface area contributed by atoms with Crippen molar-refractivity contribution in [3.05, 3.63) is 23.4 Å². The van der Waals surface area contributed by atoms with Gasteiger partial charge in [-0.05, 0) is 44.9 Å². The van der Waals surface area contributed by atoms with Crippen LogP contribution >= 0.6 is 0 Å². The molecule has 0 aliphatic carbocycles. The van der Waals surface area contributed by atoms with E-state index in [1.165, 1.54) is 24.8 Å². The van der Waals surface area contributed by atoms with E-state index in [-0.39, 0.29) is 0 Å². The molecule has 0 spiro atoms. The first-order valence-electron chi connectivity index (χ1n) is 8.41. The summed E-state index contributed by atoms with van der Waals surface area (Å²) in [7, 11) is 0. The van der Waals surface area contributed by atoms with Crippen molar-refractivity contribution in [3.63, 3.8) is 0 Å². The zero-order chi connectivity index (χ0) is 15.8. The Morgan fingerprint density at radius 1 is 1.14 bits per heavy atom. The molecule has 0 fully saturated rings. The third-order valence-electron chi connectivity index (χ3n) is 3.63. The molecule has 3 nitrogen and oxygen atoms in total. The molecule has 120 valence electrons. The first-order chi connectivity index (χ1) is 9.93. The maximum absolute atomic E-state index is 4.76. The Morgan fingerprint density at radius 3 is 2.43 bits per heavy atom. The molecule has 1 N–H and O–H groups in total. The van der Waals surface area contributed by atoms with Gasteiger partial charge in [-0.15, -0.1) is 0 Å². The molecule has 1 aromatic heterocycles. The Kier molecular flexibility index (Phi) is 7.73. The van der Waals surface area contributed by atoms with Crippen molar-refractivity contribution in [3.8, 4) is 0 Å². The molecule has 1 aromatic rings. The third-order valence-corrected chi connectivity index (χ3v) is 3.63. The van der Waals surface area contributed by atoms with Crippen LogP contribution in [0.3, 0.4) is 0 Å². The minimum absolute atomic E-state index is 0.488. The fraction of sp³-hybridized carbons (Fsp3) is 0.722. The smallest absolute Gasteiger partial charge is 0.129 e. The van der Waals surface area contributed by atoms with Gasteiger partial charge < -0.3 is 10.2 Å². The highest BCUT2D eigenvalue weighted by atomic mass is 15.2. The Balaban J connectivity index is 2.86. The molecule has 0 aliphatic heterocycles. The topological polar surface area (TPSA) is 28.2 Å². The number of aryl methyl sites for hydroxylation is 1. The van der Waals surface area contributed by atoms with Gasteiger partial charge in [-0.3, -0.25) is 0 Å². The van der Waals surface area contributed by atoms with E-state index < -0.39 is 0 Å². The molecule has 21 heavy (non-hydrogen) atoms. The van der Waals surface area contributed by atoms with Crippen LogP contribution in [0, 0.1) is 6.92 Å². The average Bonchev–Trinajstić information content (AvgIpc) is 2.40. The summed E-state index contributed by atoms with van der Waals surface area (Å²) in [4.78, 5) is 7.19. The van der Waals surface area contributed by atoms with Crippen LogP contribution in [-0.4, -0.2) is 23.6 Å². The first kappa shape index (κ1) is 18.0. The highest BCUT2D eigenvalue weighted by Crippen LogP contribution is 2.18. The monoisotopic (exact) mass is 291 g/mol. The van der Waals surface area contributed by atoms with Crippen LogP contribution in [0.1, 0.15) is 65.1 Å². The molecule has 1 heterocycles. The molecule has 0 saturated carbocycles. The number of unbranched alkanes of at least 4 members (excludes halogenated alkanes) is 2. The van der Waals surface area contributed by atoms with Gasteiger partial charge in [-0.25, -0.2) is 4.98 Å². The summed E-state index contributed by atoms with van der Waals surface area (Å²) < 4.78 is 0. The number of anilines is 1. The SMILES string of the molecule is CCCCCN(c1cc(CNC(C)C)cc(C)n1)C(C)C. The molecule has 0 aliphatic rings. The quantitative estimate of drug-likeness (QED) is 0.688. The number of hydrogen-bond acceptors (Lipinski definition) is 3. The van der Waals surface area contributed by atoms with Gasteiger partial charge in [-0.1, -0.05) is 33.6 Å². The summed E-state index contributed by atoms with van der Waals surface area (Å²) in [5.41, 5.74) is 2.43. The molecule has 0 unspecified atom stereocenters. The van der Waals surface area contributed by atoms with Gasteiger partial charge in [0.1, 0.15) is 5.82 Å². The largest absolute Gasteiger partial charge is 0.354 e. The molecule has 3 heteroatoms. The lowest BCUT2D eigenvalue weighted by Crippen LogP contribution is -2.33. The van der Waals surface area contributed by atoms with Gasteiger partial charge in [0, 0.05) is 30.9 Å². The standard InChI is InChI=1S/C18H33N3/c1-7-8-9-10-21(15(4)5)18-12-17(11-16(6)20-18)13-19-14(2)3/h11-12,14-15,19H,7-10,13H2,1-6H3. The minimum atomic E-state index is 0.488. The molecule has 0 saturated heterocycles. The molecular formula is C18H33N3. The summed E-state index contributed by atoms with van der Waals surface area (Å²) in [5, 5.41) is 3.49. The van der Waals surface area contributed by atoms with Crippen LogP contribution in [0.2, 0.25) is 0 Å². The van der Waals surface area contributed by atoms with Crippen LogP contribution < -0.4 is 10.2 Å². The maximum atomic E-state index is 4.76. The molecular weight excluding hydrogens is 258 g/mol. The normalized spacial score (nSPS) is 11.4. The minimum Gasteiger partial charge on any atom is -0.354 e. The van der Waals surface area contributed by atoms with Crippen molar-refractivity contribution in [1.29, 1.82) is 0 Å². The number of nitrogens with one attached hydrogen (secondary N) is 1. The Morgan fingerprint density at radius 2 is 1.86 bits per heavy atom. The predicted octanol–water partition coefficient (Wildman–Crippen LogP) is 4.29. The van der Waals surface area contributed by atoms with Gasteiger partial charge in [0.2, 0.25) is 0 Å². The van der Waals surface area contributed by atoms with E-state index in [0.717, 1.165) is 24.6 Å². The Labute approximate surface area is 131 Å². The van der Waals surface area contributed by atoms with Crippen LogP contribution in [-0.2, 0) is 6.54 Å². The van der Waals surface area contributed by atoms with Crippen LogP contribution in [0.25, 0.3) is 0 Å². The molecule has 0 aromatic carbocycles. The highest BCUT2D eigenvalue weighted by Gasteiger charge is 2.13. The number of nitrogens with zero attached hydrogens (tertiary/aromatic N) is 2. The lowest BCUT2D eigenvalue weighted by atomic mass is 10.1. The predicted molar refractivity (Wildman–Crippen MR) is 93.0 cm³/mol. The third kappa shape index (κ3) is 6.47. The van der Waals surface area contributed by atoms with E-state index >= 15 is 0 Å². The van der Waals surface area contributed by atoms with Gasteiger partial charge in [0.15, 0.2) is 0 Å². The second-order valence-corrected chi connectivity index (χ2v) is 6.50. The summed E-state index contributed by atoms with van der Waals surface area (Å²) in [6.07, 6.45) is 3.79. The van der Waals surface area contributed by atoms with E-state index in [4.69, 9.17) is 4.98 Å². The fourth-order valence-electron chi connectivity index (χ4n) is 2.46. The second-order valence-electron chi connectivity index (χ2n) is 6.50. The van der Waals surface area contributed by atoms with Gasteiger partial charge in [-0.2, -0.15) is 0 Å². The molecule has 0 amide bonds. The van der Waals surface area contributed by atoms with Crippen molar-refractivity contribution >= 4 is 5.82 Å². The lowest BCUT2D eigenvalue weighted by molar-refractivity contribution is 0.586. The molecule has 1 rings (SSSR count). The van der Waals surface area contributed by atoms with Gasteiger partial charge in [0.25, 0.3) is 0 Å². The van der Waals surface area contributed by atoms with Crippen LogP contribution in [0.5, 0.6) is 0 Å². The van der Waals surface area contributed by atoms with Crippen molar-refractivity contribution < 1.29 is 0 Å². The van der Waals surface area contributed by atoms with Crippen molar-refractivity contribution in [2.24, 2.45) is 0 Å². The molecule has 0 atom stereocenters. The van der Waals surface area contributed by atoms with E-state index in [0.29, 0.717) is 12.1 Å². The van der Waals surface area contributed by atoms with E-state index in [1.807, 2.05) is 0 Å². The maximum Gasteiger partial charge on any atom is 0.129 e. The average molecular weight is 291 g/mol. The van der Waals surface area contributed by atoms with E-state index in [2.05, 4.69) is 63.9 Å². The molecule has 0 radical (unpaired) electrons. The number of rotatable bonds is 9. The van der Waals surface area contributed by atoms with Crippen molar-refractivity contribution in [1.82, 2.24) is 10.3 Å². The van der Waals surface area contributed by atoms with Crippen molar-refractivity contribution in [2.75, 3.05) is 11.4 Å². The highest BCUT2D eigenvalue weighted by molar-refractivity contribution is 5.43. The summed E-state index contributed by atoms with van der Waals surface area (Å²) in [6, 6.07) is 5.42. The number of pyridine rings is 1. The Hall–Kier alpha value is -1.09. The number of aromatic nitrogens is 1. The van der Waals surface area contributed by atoms with Crippen LogP contribution in [0.15, 0.2) is 12.1 Å². The van der Waals surface area contributed by atoms with Crippen LogP contribution in [0.4, 0.5) is 5.82 Å². The zero-order valence-corrected chi connectivity index (χ0v) is 14.7. The second kappa shape index (κ2) is 9.04. The Bertz CT molecular complexity index is 413. The number of hydrogen-bond donors (Lipinski definition) is 1. The first-order valence-corrected chi connectivity index (χ1v) is 8.41. The van der Waals surface area contributed by atoms with E-state index in [9.17, 15) is 0 Å². The zero-order valence-electron chi connectivity index (χ0n) is 14.7. The van der Waals surface area contributed by atoms with Crippen molar-refractivity contribution in [2.45, 2.75) is 79.4 Å². The molecule has 0 bridgehead atoms. The lowest BCUT2D eigenvalue weighted by Gasteiger charge is -2.28.